The van der Waals surface area contributed by atoms with Crippen LogP contribution >= 0.6 is 0 Å². The second-order valence-corrected chi connectivity index (χ2v) is 4.20. The minimum absolute atomic E-state index is 0.182. The molecule has 8 heteroatoms. The summed E-state index contributed by atoms with van der Waals surface area (Å²) in [6, 6.07) is 0.584. The predicted molar refractivity (Wildman–Crippen MR) is 61.4 cm³/mol. The van der Waals surface area contributed by atoms with Crippen molar-refractivity contribution in [3.8, 4) is 0 Å². The molecule has 1 aliphatic rings. The fraction of sp³-hybridized carbons (Fsp3) is 0.600. The van der Waals surface area contributed by atoms with E-state index >= 15 is 0 Å². The fourth-order valence-corrected chi connectivity index (χ4v) is 1.67. The quantitative estimate of drug-likeness (QED) is 0.692. The minimum atomic E-state index is -2.59. The molecule has 4 N–H and O–H groups in total. The molecule has 0 aliphatic carbocycles. The molecule has 0 bridgehead atoms. The van der Waals surface area contributed by atoms with Gasteiger partial charge in [-0.2, -0.15) is 5.10 Å². The summed E-state index contributed by atoms with van der Waals surface area (Å²) in [7, 11) is 0. The van der Waals surface area contributed by atoms with E-state index in [0.29, 0.717) is 5.82 Å². The first-order valence-electron chi connectivity index (χ1n) is 5.66. The molecule has 18 heavy (non-hydrogen) atoms. The van der Waals surface area contributed by atoms with E-state index in [9.17, 15) is 13.6 Å². The number of anilines is 1. The molecular formula is C10H15F2N5O. The van der Waals surface area contributed by atoms with Gasteiger partial charge in [-0.15, -0.1) is 0 Å². The molecule has 1 aromatic heterocycles. The second kappa shape index (κ2) is 5.40. The summed E-state index contributed by atoms with van der Waals surface area (Å²) in [6.07, 6.45) is -1.69. The number of nitrogens with two attached hydrogens (primary N) is 1. The number of hydrogen-bond acceptors (Lipinski definition) is 4. The van der Waals surface area contributed by atoms with Crippen LogP contribution in [0.2, 0.25) is 0 Å². The maximum absolute atomic E-state index is 12.1. The lowest BCUT2D eigenvalue weighted by Gasteiger charge is -2.28. The highest BCUT2D eigenvalue weighted by atomic mass is 19.3. The largest absolute Gasteiger partial charge is 0.320 e. The first-order valence-corrected chi connectivity index (χ1v) is 5.66. The van der Waals surface area contributed by atoms with Crippen LogP contribution in [0.25, 0.3) is 0 Å². The monoisotopic (exact) mass is 259 g/mol. The van der Waals surface area contributed by atoms with Crippen LogP contribution in [0.4, 0.5) is 14.6 Å². The summed E-state index contributed by atoms with van der Waals surface area (Å²) >= 11 is 0. The van der Waals surface area contributed by atoms with E-state index in [1.165, 1.54) is 0 Å². The van der Waals surface area contributed by atoms with Gasteiger partial charge in [0.05, 0.1) is 18.3 Å². The van der Waals surface area contributed by atoms with Crippen LogP contribution in [0.1, 0.15) is 12.5 Å². The van der Waals surface area contributed by atoms with Gasteiger partial charge < -0.3 is 16.4 Å². The zero-order chi connectivity index (χ0) is 13.1. The third-order valence-electron chi connectivity index (χ3n) is 2.80. The molecule has 0 spiro atoms. The number of nitrogens with zero attached hydrogens (tertiary/aromatic N) is 2. The third-order valence-corrected chi connectivity index (χ3v) is 2.80. The van der Waals surface area contributed by atoms with Gasteiger partial charge >= 0.3 is 0 Å². The lowest BCUT2D eigenvalue weighted by molar-refractivity contribution is -0.118. The van der Waals surface area contributed by atoms with Crippen molar-refractivity contribution in [1.82, 2.24) is 15.1 Å². The van der Waals surface area contributed by atoms with E-state index in [-0.39, 0.29) is 6.04 Å². The highest BCUT2D eigenvalue weighted by molar-refractivity contribution is 5.93. The maximum atomic E-state index is 12.1. The smallest absolute Gasteiger partial charge is 0.242 e. The molecular weight excluding hydrogens is 244 g/mol. The standard InChI is InChI=1S/C10H15F2N5O/c11-8(12)3-7(13)10(18)16-9-1-2-15-17(9)6-4-14-5-6/h1-2,6-8,14H,3-5,13H2,(H,16,18). The number of carbonyl (C=O) groups is 1. The van der Waals surface area contributed by atoms with Gasteiger partial charge in [-0.1, -0.05) is 0 Å². The van der Waals surface area contributed by atoms with Crippen molar-refractivity contribution in [1.29, 1.82) is 0 Å². The third kappa shape index (κ3) is 2.82. The van der Waals surface area contributed by atoms with Gasteiger partial charge in [-0.05, 0) is 0 Å². The Hall–Kier alpha value is -1.54. The highest BCUT2D eigenvalue weighted by Gasteiger charge is 2.24. The molecule has 2 rings (SSSR count). The van der Waals surface area contributed by atoms with Crippen molar-refractivity contribution in [3.63, 3.8) is 0 Å². The van der Waals surface area contributed by atoms with Crippen LogP contribution in [0.15, 0.2) is 12.3 Å². The molecule has 6 nitrogen and oxygen atoms in total. The normalized spacial score (nSPS) is 17.6. The number of nitrogens with one attached hydrogen (secondary N) is 2. The van der Waals surface area contributed by atoms with E-state index in [1.807, 2.05) is 0 Å². The predicted octanol–water partition coefficient (Wildman–Crippen LogP) is -0.0516. The Kier molecular flexibility index (Phi) is 3.87. The number of hydrogen-bond donors (Lipinski definition) is 3. The van der Waals surface area contributed by atoms with Crippen molar-refractivity contribution < 1.29 is 13.6 Å². The van der Waals surface area contributed by atoms with Crippen LogP contribution in [0.5, 0.6) is 0 Å². The number of carbonyl (C=O) groups excluding carboxylic acids is 1. The van der Waals surface area contributed by atoms with Crippen LogP contribution in [-0.2, 0) is 4.79 Å². The van der Waals surface area contributed by atoms with Crippen LogP contribution in [0, 0.1) is 0 Å². The Bertz CT molecular complexity index is 418. The van der Waals surface area contributed by atoms with Gasteiger partial charge in [-0.25, -0.2) is 13.5 Å². The molecule has 1 unspecified atom stereocenters. The Balaban J connectivity index is 1.96. The van der Waals surface area contributed by atoms with Gasteiger partial charge in [0.15, 0.2) is 0 Å². The molecule has 0 saturated carbocycles. The summed E-state index contributed by atoms with van der Waals surface area (Å²) in [5.74, 6) is -0.138. The summed E-state index contributed by atoms with van der Waals surface area (Å²) in [5.41, 5.74) is 5.37. The van der Waals surface area contributed by atoms with Gasteiger partial charge in [0, 0.05) is 25.6 Å². The maximum Gasteiger partial charge on any atom is 0.242 e. The van der Waals surface area contributed by atoms with Gasteiger partial charge in [0.2, 0.25) is 12.3 Å². The Morgan fingerprint density at radius 2 is 2.39 bits per heavy atom. The molecule has 1 fully saturated rings. The Labute approximate surface area is 103 Å². The number of halogens is 2. The van der Waals surface area contributed by atoms with E-state index in [0.717, 1.165) is 13.1 Å². The van der Waals surface area contributed by atoms with Crippen molar-refractivity contribution in [3.05, 3.63) is 12.3 Å². The SMILES string of the molecule is NC(CC(F)F)C(=O)Nc1ccnn1C1CNC1. The Morgan fingerprint density at radius 3 is 2.94 bits per heavy atom. The first kappa shape index (κ1) is 12.9. The van der Waals surface area contributed by atoms with Gasteiger partial charge in [-0.3, -0.25) is 4.79 Å². The molecule has 1 aromatic rings. The molecule has 2 heterocycles. The van der Waals surface area contributed by atoms with Gasteiger partial charge in [0.1, 0.15) is 5.82 Å². The van der Waals surface area contributed by atoms with Crippen LogP contribution in [-0.4, -0.2) is 41.2 Å². The fourth-order valence-electron chi connectivity index (χ4n) is 1.67. The van der Waals surface area contributed by atoms with E-state index in [4.69, 9.17) is 5.73 Å². The van der Waals surface area contributed by atoms with E-state index in [1.54, 1.807) is 16.9 Å². The lowest BCUT2D eigenvalue weighted by atomic mass is 10.2. The average molecular weight is 259 g/mol. The summed E-state index contributed by atoms with van der Waals surface area (Å²) in [6.45, 7) is 1.54. The van der Waals surface area contributed by atoms with Crippen molar-refractivity contribution in [2.45, 2.75) is 24.9 Å². The lowest BCUT2D eigenvalue weighted by Crippen LogP contribution is -2.45. The number of aromatic nitrogens is 2. The summed E-state index contributed by atoms with van der Waals surface area (Å²) in [4.78, 5) is 11.6. The molecule has 0 aromatic carbocycles. The van der Waals surface area contributed by atoms with Crippen molar-refractivity contribution in [2.75, 3.05) is 18.4 Å². The van der Waals surface area contributed by atoms with Gasteiger partial charge in [0.25, 0.3) is 0 Å². The first-order chi connectivity index (χ1) is 8.58. The molecule has 1 amide bonds. The second-order valence-electron chi connectivity index (χ2n) is 4.20. The molecule has 1 aliphatic heterocycles. The summed E-state index contributed by atoms with van der Waals surface area (Å²) in [5, 5.41) is 9.69. The number of alkyl halides is 2. The molecule has 0 radical (unpaired) electrons. The molecule has 100 valence electrons. The zero-order valence-electron chi connectivity index (χ0n) is 9.64. The molecule has 1 saturated heterocycles. The van der Waals surface area contributed by atoms with Crippen LogP contribution < -0.4 is 16.4 Å². The number of amides is 1. The highest BCUT2D eigenvalue weighted by Crippen LogP contribution is 2.17. The average Bonchev–Trinajstić information content (AvgIpc) is 2.62. The van der Waals surface area contributed by atoms with E-state index in [2.05, 4.69) is 15.7 Å². The summed E-state index contributed by atoms with van der Waals surface area (Å²) < 4.78 is 25.9. The Morgan fingerprint density at radius 1 is 1.67 bits per heavy atom. The molecule has 1 atom stereocenters. The zero-order valence-corrected chi connectivity index (χ0v) is 9.64. The number of rotatable bonds is 5. The van der Waals surface area contributed by atoms with Crippen molar-refractivity contribution >= 4 is 11.7 Å². The van der Waals surface area contributed by atoms with Crippen LogP contribution in [0.3, 0.4) is 0 Å². The minimum Gasteiger partial charge on any atom is -0.320 e. The topological polar surface area (TPSA) is 85.0 Å². The van der Waals surface area contributed by atoms with E-state index < -0.39 is 24.8 Å². The van der Waals surface area contributed by atoms with Crippen molar-refractivity contribution in [2.24, 2.45) is 5.73 Å².